The lowest BCUT2D eigenvalue weighted by molar-refractivity contribution is 0.315. The Bertz CT molecular complexity index is 195. The van der Waals surface area contributed by atoms with Crippen molar-refractivity contribution in [3.05, 3.63) is 0 Å². The Morgan fingerprint density at radius 1 is 1.18 bits per heavy atom. The van der Waals surface area contributed by atoms with Crippen LogP contribution >= 0.6 is 0 Å². The van der Waals surface area contributed by atoms with E-state index in [0.29, 0.717) is 18.3 Å². The van der Waals surface area contributed by atoms with Crippen LogP contribution in [0.15, 0.2) is 5.16 Å². The Balaban J connectivity index is 3.43. The van der Waals surface area contributed by atoms with Crippen LogP contribution in [0.3, 0.4) is 0 Å². The Morgan fingerprint density at radius 2 is 1.82 bits per heavy atom. The van der Waals surface area contributed by atoms with Gasteiger partial charge in [0.25, 0.3) is 0 Å². The zero-order valence-electron chi connectivity index (χ0n) is 11.4. The van der Waals surface area contributed by atoms with Gasteiger partial charge in [-0.15, -0.1) is 0 Å². The topological polar surface area (TPSA) is 70.6 Å². The van der Waals surface area contributed by atoms with E-state index < -0.39 is 0 Å². The Hall–Kier alpha value is -0.770. The molecular formula is C13H29N3O. The molecule has 0 fully saturated rings. The number of hydrogen-bond acceptors (Lipinski definition) is 3. The summed E-state index contributed by atoms with van der Waals surface area (Å²) in [6.45, 7) is 5.38. The predicted octanol–water partition coefficient (Wildman–Crippen LogP) is 2.85. The van der Waals surface area contributed by atoms with Crippen LogP contribution in [0, 0.1) is 0 Å². The molecule has 1 unspecified atom stereocenters. The molecule has 0 radical (unpaired) electrons. The minimum Gasteiger partial charge on any atom is -0.409 e. The summed E-state index contributed by atoms with van der Waals surface area (Å²) in [5.74, 6) is 0.312. The third-order valence-electron chi connectivity index (χ3n) is 3.04. The van der Waals surface area contributed by atoms with E-state index in [9.17, 15) is 0 Å². The van der Waals surface area contributed by atoms with Gasteiger partial charge in [-0.3, -0.25) is 0 Å². The van der Waals surface area contributed by atoms with Crippen molar-refractivity contribution < 1.29 is 5.21 Å². The third kappa shape index (κ3) is 10.1. The predicted molar refractivity (Wildman–Crippen MR) is 73.5 cm³/mol. The van der Waals surface area contributed by atoms with Crippen LogP contribution in [-0.4, -0.2) is 23.6 Å². The van der Waals surface area contributed by atoms with Crippen LogP contribution in [0.1, 0.15) is 65.2 Å². The second-order valence-corrected chi connectivity index (χ2v) is 4.62. The highest BCUT2D eigenvalue weighted by molar-refractivity contribution is 5.80. The van der Waals surface area contributed by atoms with Crippen molar-refractivity contribution in [2.24, 2.45) is 10.9 Å². The number of hydrogen-bond donors (Lipinski definition) is 3. The molecule has 0 saturated carbocycles. The fourth-order valence-electron chi connectivity index (χ4n) is 1.87. The van der Waals surface area contributed by atoms with Gasteiger partial charge in [0.05, 0.1) is 0 Å². The molecule has 17 heavy (non-hydrogen) atoms. The average molecular weight is 243 g/mol. The van der Waals surface area contributed by atoms with Crippen molar-refractivity contribution in [3.63, 3.8) is 0 Å². The van der Waals surface area contributed by atoms with Gasteiger partial charge in [0.15, 0.2) is 0 Å². The molecule has 0 aromatic carbocycles. The maximum absolute atomic E-state index is 8.51. The molecule has 0 aliphatic heterocycles. The Morgan fingerprint density at radius 3 is 2.41 bits per heavy atom. The van der Waals surface area contributed by atoms with E-state index in [4.69, 9.17) is 10.9 Å². The van der Waals surface area contributed by atoms with Gasteiger partial charge in [-0.1, -0.05) is 51.1 Å². The molecule has 0 bridgehead atoms. The molecule has 0 heterocycles. The van der Waals surface area contributed by atoms with Gasteiger partial charge < -0.3 is 16.3 Å². The summed E-state index contributed by atoms with van der Waals surface area (Å²) in [6, 6.07) is 0.335. The summed E-state index contributed by atoms with van der Waals surface area (Å²) in [5, 5.41) is 15.0. The second kappa shape index (κ2) is 11.7. The first-order valence-corrected chi connectivity index (χ1v) is 6.94. The second-order valence-electron chi connectivity index (χ2n) is 4.62. The Kier molecular flexibility index (Phi) is 11.2. The van der Waals surface area contributed by atoms with Crippen molar-refractivity contribution in [1.29, 1.82) is 0 Å². The number of rotatable bonds is 11. The third-order valence-corrected chi connectivity index (χ3v) is 3.04. The normalized spacial score (nSPS) is 13.9. The number of nitrogens with zero attached hydrogens (tertiary/aromatic N) is 1. The average Bonchev–Trinajstić information content (AvgIpc) is 2.35. The fourth-order valence-corrected chi connectivity index (χ4v) is 1.87. The zero-order chi connectivity index (χ0) is 12.9. The molecule has 1 atom stereocenters. The smallest absolute Gasteiger partial charge is 0.140 e. The zero-order valence-corrected chi connectivity index (χ0v) is 11.4. The maximum atomic E-state index is 8.51. The molecule has 0 aromatic heterocycles. The van der Waals surface area contributed by atoms with Crippen LogP contribution < -0.4 is 11.1 Å². The van der Waals surface area contributed by atoms with E-state index in [1.54, 1.807) is 0 Å². The molecule has 0 amide bonds. The number of amidine groups is 1. The standard InChI is InChI=1S/C13H29N3O/c1-3-5-6-7-8-9-10-15-12(4-2)11-13(14)16-17/h12,15,17H,3-11H2,1-2H3,(H2,14,16). The van der Waals surface area contributed by atoms with Crippen LogP contribution in [-0.2, 0) is 0 Å². The molecule has 0 rings (SSSR count). The van der Waals surface area contributed by atoms with Crippen molar-refractivity contribution >= 4 is 5.84 Å². The molecule has 0 spiro atoms. The summed E-state index contributed by atoms with van der Waals surface area (Å²) in [5.41, 5.74) is 5.49. The van der Waals surface area contributed by atoms with Crippen molar-refractivity contribution in [1.82, 2.24) is 5.32 Å². The molecule has 4 N–H and O–H groups in total. The highest BCUT2D eigenvalue weighted by Gasteiger charge is 2.07. The van der Waals surface area contributed by atoms with Gasteiger partial charge in [-0.25, -0.2) is 0 Å². The van der Waals surface area contributed by atoms with Crippen LogP contribution in [0.25, 0.3) is 0 Å². The molecule has 0 saturated heterocycles. The Labute approximate surface area is 106 Å². The van der Waals surface area contributed by atoms with Gasteiger partial charge in [-0.2, -0.15) is 0 Å². The summed E-state index contributed by atoms with van der Waals surface area (Å²) in [4.78, 5) is 0. The first kappa shape index (κ1) is 16.2. The molecule has 0 aliphatic rings. The first-order valence-electron chi connectivity index (χ1n) is 6.94. The number of oxime groups is 1. The highest BCUT2D eigenvalue weighted by atomic mass is 16.4. The molecule has 0 aromatic rings. The summed E-state index contributed by atoms with van der Waals surface area (Å²) >= 11 is 0. The SMILES string of the molecule is CCCCCCCCNC(CC)CC(N)=NO. The van der Waals surface area contributed by atoms with E-state index in [1.807, 2.05) is 0 Å². The van der Waals surface area contributed by atoms with Gasteiger partial charge in [0, 0.05) is 12.5 Å². The first-order chi connectivity index (χ1) is 8.24. The lowest BCUT2D eigenvalue weighted by Gasteiger charge is -2.15. The maximum Gasteiger partial charge on any atom is 0.140 e. The number of unbranched alkanes of at least 4 members (excludes halogenated alkanes) is 5. The molecule has 4 nitrogen and oxygen atoms in total. The number of nitrogens with one attached hydrogen (secondary N) is 1. The van der Waals surface area contributed by atoms with Gasteiger partial charge in [0.1, 0.15) is 5.84 Å². The van der Waals surface area contributed by atoms with E-state index in [1.165, 1.54) is 38.5 Å². The minimum absolute atomic E-state index is 0.312. The largest absolute Gasteiger partial charge is 0.409 e. The van der Waals surface area contributed by atoms with Gasteiger partial charge >= 0.3 is 0 Å². The van der Waals surface area contributed by atoms with E-state index in [2.05, 4.69) is 24.3 Å². The fraction of sp³-hybridized carbons (Fsp3) is 0.923. The monoisotopic (exact) mass is 243 g/mol. The van der Waals surface area contributed by atoms with Crippen molar-refractivity contribution in [2.75, 3.05) is 6.54 Å². The van der Waals surface area contributed by atoms with Crippen LogP contribution in [0.2, 0.25) is 0 Å². The molecule has 0 aliphatic carbocycles. The summed E-state index contributed by atoms with van der Waals surface area (Å²) in [6.07, 6.45) is 9.51. The summed E-state index contributed by atoms with van der Waals surface area (Å²) < 4.78 is 0. The van der Waals surface area contributed by atoms with Gasteiger partial charge in [0.2, 0.25) is 0 Å². The lowest BCUT2D eigenvalue weighted by Crippen LogP contribution is -2.33. The van der Waals surface area contributed by atoms with Crippen LogP contribution in [0.4, 0.5) is 0 Å². The highest BCUT2D eigenvalue weighted by Crippen LogP contribution is 2.05. The number of nitrogens with two attached hydrogens (primary N) is 1. The van der Waals surface area contributed by atoms with E-state index >= 15 is 0 Å². The minimum atomic E-state index is 0.312. The molecule has 4 heteroatoms. The quantitative estimate of drug-likeness (QED) is 0.172. The molecular weight excluding hydrogens is 214 g/mol. The van der Waals surface area contributed by atoms with Crippen molar-refractivity contribution in [3.8, 4) is 0 Å². The van der Waals surface area contributed by atoms with E-state index in [0.717, 1.165) is 13.0 Å². The van der Waals surface area contributed by atoms with Crippen LogP contribution in [0.5, 0.6) is 0 Å². The lowest BCUT2D eigenvalue weighted by atomic mass is 10.1. The van der Waals surface area contributed by atoms with E-state index in [-0.39, 0.29) is 0 Å². The van der Waals surface area contributed by atoms with Crippen molar-refractivity contribution in [2.45, 2.75) is 71.3 Å². The van der Waals surface area contributed by atoms with Gasteiger partial charge in [-0.05, 0) is 19.4 Å². The summed E-state index contributed by atoms with van der Waals surface area (Å²) in [7, 11) is 0. The molecule has 102 valence electrons.